The molecule has 142 valence electrons. The molecular formula is C21H24N2O4. The Morgan fingerprint density at radius 1 is 1.26 bits per heavy atom. The fourth-order valence-corrected chi connectivity index (χ4v) is 3.46. The van der Waals surface area contributed by atoms with Gasteiger partial charge in [0.1, 0.15) is 5.78 Å². The van der Waals surface area contributed by atoms with Gasteiger partial charge < -0.3 is 14.6 Å². The summed E-state index contributed by atoms with van der Waals surface area (Å²) >= 11 is 0. The molecular weight excluding hydrogens is 344 g/mol. The van der Waals surface area contributed by atoms with E-state index in [1.807, 2.05) is 36.4 Å². The van der Waals surface area contributed by atoms with E-state index in [4.69, 9.17) is 9.47 Å². The quantitative estimate of drug-likeness (QED) is 0.774. The molecule has 0 aliphatic carbocycles. The minimum absolute atomic E-state index is 0.0128. The number of aromatic nitrogens is 1. The van der Waals surface area contributed by atoms with E-state index in [0.29, 0.717) is 36.9 Å². The number of methoxy groups -OCH3 is 2. The predicted molar refractivity (Wildman–Crippen MR) is 102 cm³/mol. The van der Waals surface area contributed by atoms with Crippen molar-refractivity contribution in [3.8, 4) is 0 Å². The Bertz CT molecular complexity index is 834. The second-order valence-electron chi connectivity index (χ2n) is 6.56. The van der Waals surface area contributed by atoms with Crippen LogP contribution in [-0.4, -0.2) is 42.6 Å². The van der Waals surface area contributed by atoms with Gasteiger partial charge >= 0.3 is 0 Å². The van der Waals surface area contributed by atoms with Gasteiger partial charge in [0.25, 0.3) is 0 Å². The summed E-state index contributed by atoms with van der Waals surface area (Å²) in [4.78, 5) is 21.4. The second-order valence-corrected chi connectivity index (χ2v) is 6.56. The zero-order chi connectivity index (χ0) is 19.2. The first-order chi connectivity index (χ1) is 13.2. The summed E-state index contributed by atoms with van der Waals surface area (Å²) in [5.74, 6) is 0.589. The SMILES string of the molecule is COC[C@@H](CC(=O)Cc1cc2c(c(CO)n1)C(OC)=NC2)c1ccccc1. The van der Waals surface area contributed by atoms with Crippen molar-refractivity contribution in [3.63, 3.8) is 0 Å². The number of carbonyl (C=O) groups excluding carboxylic acids is 1. The molecule has 27 heavy (non-hydrogen) atoms. The number of aliphatic hydroxyl groups excluding tert-OH is 1. The van der Waals surface area contributed by atoms with E-state index in [2.05, 4.69) is 9.98 Å². The third kappa shape index (κ3) is 4.40. The summed E-state index contributed by atoms with van der Waals surface area (Å²) < 4.78 is 10.5. The third-order valence-corrected chi connectivity index (χ3v) is 4.67. The van der Waals surface area contributed by atoms with Crippen molar-refractivity contribution in [2.75, 3.05) is 20.8 Å². The number of rotatable bonds is 8. The van der Waals surface area contributed by atoms with E-state index in [1.165, 1.54) is 0 Å². The van der Waals surface area contributed by atoms with Gasteiger partial charge in [-0.1, -0.05) is 30.3 Å². The highest BCUT2D eigenvalue weighted by atomic mass is 16.5. The maximum absolute atomic E-state index is 12.7. The lowest BCUT2D eigenvalue weighted by molar-refractivity contribution is -0.119. The number of hydrogen-bond donors (Lipinski definition) is 1. The maximum atomic E-state index is 12.7. The summed E-state index contributed by atoms with van der Waals surface area (Å²) in [5, 5.41) is 9.66. The average molecular weight is 368 g/mol. The molecule has 1 N–H and O–H groups in total. The first-order valence-corrected chi connectivity index (χ1v) is 8.93. The zero-order valence-corrected chi connectivity index (χ0v) is 15.6. The first kappa shape index (κ1) is 19.2. The highest BCUT2D eigenvalue weighted by molar-refractivity contribution is 5.98. The van der Waals surface area contributed by atoms with E-state index < -0.39 is 0 Å². The number of pyridine rings is 1. The van der Waals surface area contributed by atoms with E-state index in [0.717, 1.165) is 16.7 Å². The number of fused-ring (bicyclic) bond motifs is 1. The fraction of sp³-hybridized carbons (Fsp3) is 0.381. The van der Waals surface area contributed by atoms with Gasteiger partial charge in [-0.25, -0.2) is 4.99 Å². The molecule has 0 unspecified atom stereocenters. The Labute approximate surface area is 158 Å². The molecule has 0 saturated carbocycles. The topological polar surface area (TPSA) is 81.0 Å². The highest BCUT2D eigenvalue weighted by Gasteiger charge is 2.24. The standard InChI is InChI=1S/C21H24N2O4/c1-26-13-16(14-6-4-3-5-7-14)9-18(25)10-17-8-15-11-22-21(27-2)20(15)19(12-24)23-17/h3-8,16,24H,9-13H2,1-2H3/t16-/m1/s1. The number of ketones is 1. The van der Waals surface area contributed by atoms with Crippen LogP contribution in [0.2, 0.25) is 0 Å². The molecule has 1 aromatic carbocycles. The average Bonchev–Trinajstić information content (AvgIpc) is 3.10. The molecule has 1 aliphatic rings. The van der Waals surface area contributed by atoms with E-state index in [1.54, 1.807) is 14.2 Å². The van der Waals surface area contributed by atoms with Gasteiger partial charge in [0, 0.05) is 31.6 Å². The normalized spacial score (nSPS) is 13.8. The predicted octanol–water partition coefficient (Wildman–Crippen LogP) is 2.41. The summed E-state index contributed by atoms with van der Waals surface area (Å²) in [6.07, 6.45) is 0.598. The lowest BCUT2D eigenvalue weighted by atomic mass is 9.93. The maximum Gasteiger partial charge on any atom is 0.218 e. The van der Waals surface area contributed by atoms with Crippen molar-refractivity contribution in [1.82, 2.24) is 4.98 Å². The molecule has 0 bridgehead atoms. The third-order valence-electron chi connectivity index (χ3n) is 4.67. The number of benzene rings is 1. The smallest absolute Gasteiger partial charge is 0.218 e. The molecule has 0 saturated heterocycles. The van der Waals surface area contributed by atoms with E-state index >= 15 is 0 Å². The van der Waals surface area contributed by atoms with Gasteiger partial charge in [-0.05, 0) is 17.2 Å². The van der Waals surface area contributed by atoms with Gasteiger partial charge in [0.05, 0.1) is 38.1 Å². The highest BCUT2D eigenvalue weighted by Crippen LogP contribution is 2.25. The van der Waals surface area contributed by atoms with Crippen molar-refractivity contribution >= 4 is 11.7 Å². The number of Topliss-reactive ketones (excluding diaryl/α,β-unsaturated/α-hetero) is 1. The molecule has 1 atom stereocenters. The van der Waals surface area contributed by atoms with Crippen molar-refractivity contribution in [2.24, 2.45) is 4.99 Å². The Morgan fingerprint density at radius 2 is 2.04 bits per heavy atom. The largest absolute Gasteiger partial charge is 0.481 e. The molecule has 1 aliphatic heterocycles. The van der Waals surface area contributed by atoms with Crippen LogP contribution in [0.1, 0.15) is 40.4 Å². The number of aliphatic hydroxyl groups is 1. The minimum Gasteiger partial charge on any atom is -0.481 e. The Kier molecular flexibility index (Phi) is 6.32. The summed E-state index contributed by atoms with van der Waals surface area (Å²) in [5.41, 5.74) is 3.93. The van der Waals surface area contributed by atoms with Crippen LogP contribution < -0.4 is 0 Å². The molecule has 0 radical (unpaired) electrons. The lowest BCUT2D eigenvalue weighted by Crippen LogP contribution is -2.16. The summed E-state index contributed by atoms with van der Waals surface area (Å²) in [7, 11) is 3.19. The zero-order valence-electron chi connectivity index (χ0n) is 15.6. The molecule has 2 aromatic rings. The van der Waals surface area contributed by atoms with Gasteiger partial charge in [-0.3, -0.25) is 9.78 Å². The molecule has 0 amide bonds. The first-order valence-electron chi connectivity index (χ1n) is 8.93. The monoisotopic (exact) mass is 368 g/mol. The molecule has 2 heterocycles. The van der Waals surface area contributed by atoms with Crippen LogP contribution in [0.4, 0.5) is 0 Å². The molecule has 1 aromatic heterocycles. The number of aliphatic imine (C=N–C) groups is 1. The lowest BCUT2D eigenvalue weighted by Gasteiger charge is -2.16. The number of carbonyl (C=O) groups is 1. The molecule has 0 spiro atoms. The van der Waals surface area contributed by atoms with Crippen LogP contribution in [0.15, 0.2) is 41.4 Å². The minimum atomic E-state index is -0.219. The van der Waals surface area contributed by atoms with Crippen molar-refractivity contribution in [1.29, 1.82) is 0 Å². The van der Waals surface area contributed by atoms with Crippen LogP contribution >= 0.6 is 0 Å². The Hall–Kier alpha value is -2.57. The Balaban J connectivity index is 1.74. The number of hydrogen-bond acceptors (Lipinski definition) is 6. The van der Waals surface area contributed by atoms with E-state index in [-0.39, 0.29) is 24.7 Å². The van der Waals surface area contributed by atoms with E-state index in [9.17, 15) is 9.90 Å². The van der Waals surface area contributed by atoms with Crippen molar-refractivity contribution in [2.45, 2.75) is 31.9 Å². The van der Waals surface area contributed by atoms with Gasteiger partial charge in [-0.15, -0.1) is 0 Å². The van der Waals surface area contributed by atoms with Gasteiger partial charge in [0.2, 0.25) is 5.90 Å². The van der Waals surface area contributed by atoms with Crippen LogP contribution in [0, 0.1) is 0 Å². The Morgan fingerprint density at radius 3 is 2.70 bits per heavy atom. The molecule has 3 rings (SSSR count). The van der Waals surface area contributed by atoms with Crippen LogP contribution in [0.25, 0.3) is 0 Å². The van der Waals surface area contributed by atoms with Crippen molar-refractivity contribution < 1.29 is 19.4 Å². The molecule has 6 heteroatoms. The van der Waals surface area contributed by atoms with Gasteiger partial charge in [0.15, 0.2) is 0 Å². The van der Waals surface area contributed by atoms with Crippen molar-refractivity contribution in [3.05, 3.63) is 64.5 Å². The number of ether oxygens (including phenoxy) is 2. The fourth-order valence-electron chi connectivity index (χ4n) is 3.46. The van der Waals surface area contributed by atoms with Gasteiger partial charge in [-0.2, -0.15) is 0 Å². The van der Waals surface area contributed by atoms with Crippen LogP contribution in [0.5, 0.6) is 0 Å². The summed E-state index contributed by atoms with van der Waals surface area (Å²) in [6.45, 7) is 0.745. The molecule has 0 fully saturated rings. The van der Waals surface area contributed by atoms with Crippen LogP contribution in [-0.2, 0) is 33.8 Å². The summed E-state index contributed by atoms with van der Waals surface area (Å²) in [6, 6.07) is 11.8. The second kappa shape index (κ2) is 8.88. The number of nitrogens with zero attached hydrogens (tertiary/aromatic N) is 2. The van der Waals surface area contributed by atoms with Crippen LogP contribution in [0.3, 0.4) is 0 Å². The molecule has 6 nitrogen and oxygen atoms in total.